The maximum atomic E-state index is 12.4. The van der Waals surface area contributed by atoms with Gasteiger partial charge in [0.15, 0.2) is 0 Å². The van der Waals surface area contributed by atoms with E-state index in [1.54, 1.807) is 0 Å². The van der Waals surface area contributed by atoms with Crippen LogP contribution in [0, 0.1) is 27.4 Å². The van der Waals surface area contributed by atoms with Crippen LogP contribution in [0.25, 0.3) is 0 Å². The number of anilines is 1. The number of piperidine rings is 1. The van der Waals surface area contributed by atoms with Crippen LogP contribution >= 0.6 is 0 Å². The van der Waals surface area contributed by atoms with Crippen LogP contribution in [-0.4, -0.2) is 41.5 Å². The number of nitriles is 1. The van der Waals surface area contributed by atoms with Gasteiger partial charge in [0.1, 0.15) is 5.69 Å². The molecule has 1 heterocycles. The number of nitro groups is 1. The molecule has 1 aliphatic rings. The fraction of sp³-hybridized carbons (Fsp3) is 0.467. The Morgan fingerprint density at radius 1 is 1.40 bits per heavy atom. The van der Waals surface area contributed by atoms with Gasteiger partial charge in [-0.2, -0.15) is 18.4 Å². The number of hydrogen-bond acceptors (Lipinski definition) is 5. The van der Waals surface area contributed by atoms with Crippen molar-refractivity contribution < 1.29 is 22.9 Å². The van der Waals surface area contributed by atoms with Crippen LogP contribution in [0.1, 0.15) is 18.4 Å². The van der Waals surface area contributed by atoms with Crippen molar-refractivity contribution in [3.05, 3.63) is 33.9 Å². The fourth-order valence-corrected chi connectivity index (χ4v) is 2.68. The normalized spacial score (nSPS) is 15.5. The summed E-state index contributed by atoms with van der Waals surface area (Å²) in [4.78, 5) is 22.4. The van der Waals surface area contributed by atoms with Crippen molar-refractivity contribution in [1.29, 1.82) is 5.26 Å². The molecule has 0 unspecified atom stereocenters. The molecule has 1 aromatic carbocycles. The van der Waals surface area contributed by atoms with Gasteiger partial charge < -0.3 is 10.2 Å². The van der Waals surface area contributed by atoms with Gasteiger partial charge in [-0.1, -0.05) is 0 Å². The standard InChI is InChI=1S/C15H15F3N4O3/c16-15(17,18)14(23)21-5-3-10(4-6-21)9-20-12-2-1-11(8-19)7-13(12)22(24)25/h1-2,7,10,20H,3-6,9H2. The molecular weight excluding hydrogens is 341 g/mol. The lowest BCUT2D eigenvalue weighted by atomic mass is 9.96. The first-order chi connectivity index (χ1) is 11.7. The molecule has 2 rings (SSSR count). The monoisotopic (exact) mass is 356 g/mol. The zero-order chi connectivity index (χ0) is 18.6. The molecule has 1 fully saturated rings. The Bertz CT molecular complexity index is 707. The van der Waals surface area contributed by atoms with Crippen molar-refractivity contribution in [2.75, 3.05) is 25.0 Å². The van der Waals surface area contributed by atoms with Crippen molar-refractivity contribution in [2.24, 2.45) is 5.92 Å². The molecule has 1 aromatic rings. The summed E-state index contributed by atoms with van der Waals surface area (Å²) >= 11 is 0. The number of alkyl halides is 3. The molecule has 10 heteroatoms. The maximum Gasteiger partial charge on any atom is 0.471 e. The van der Waals surface area contributed by atoms with E-state index >= 15 is 0 Å². The number of amides is 1. The van der Waals surface area contributed by atoms with E-state index in [1.807, 2.05) is 6.07 Å². The molecule has 0 saturated carbocycles. The van der Waals surface area contributed by atoms with Crippen molar-refractivity contribution in [2.45, 2.75) is 19.0 Å². The second-order valence-corrected chi connectivity index (χ2v) is 5.72. The molecule has 1 N–H and O–H groups in total. The highest BCUT2D eigenvalue weighted by atomic mass is 19.4. The third kappa shape index (κ3) is 4.59. The van der Waals surface area contributed by atoms with Gasteiger partial charge in [-0.25, -0.2) is 0 Å². The number of nitrogens with one attached hydrogen (secondary N) is 1. The van der Waals surface area contributed by atoms with Crippen molar-refractivity contribution >= 4 is 17.3 Å². The van der Waals surface area contributed by atoms with Crippen molar-refractivity contribution in [3.63, 3.8) is 0 Å². The highest BCUT2D eigenvalue weighted by Gasteiger charge is 2.43. The lowest BCUT2D eigenvalue weighted by Gasteiger charge is -2.32. The highest BCUT2D eigenvalue weighted by molar-refractivity contribution is 5.81. The number of likely N-dealkylation sites (tertiary alicyclic amines) is 1. The van der Waals surface area contributed by atoms with Gasteiger partial charge >= 0.3 is 12.1 Å². The predicted octanol–water partition coefficient (Wildman–Crippen LogP) is 2.68. The zero-order valence-electron chi connectivity index (χ0n) is 13.0. The van der Waals surface area contributed by atoms with E-state index < -0.39 is 17.0 Å². The molecule has 134 valence electrons. The Labute approximate surface area is 141 Å². The number of carbonyl (C=O) groups excluding carboxylic acids is 1. The molecule has 25 heavy (non-hydrogen) atoms. The van der Waals surface area contributed by atoms with Crippen LogP contribution in [-0.2, 0) is 4.79 Å². The van der Waals surface area contributed by atoms with Crippen LogP contribution in [0.5, 0.6) is 0 Å². The SMILES string of the molecule is N#Cc1ccc(NCC2CCN(C(=O)C(F)(F)F)CC2)c([N+](=O)[O-])c1. The minimum atomic E-state index is -4.87. The minimum Gasteiger partial charge on any atom is -0.379 e. The minimum absolute atomic E-state index is 0.000152. The number of nitro benzene ring substituents is 1. The topological polar surface area (TPSA) is 99.3 Å². The zero-order valence-corrected chi connectivity index (χ0v) is 13.0. The van der Waals surface area contributed by atoms with Crippen LogP contribution in [0.15, 0.2) is 18.2 Å². The van der Waals surface area contributed by atoms with Crippen LogP contribution in [0.2, 0.25) is 0 Å². The summed E-state index contributed by atoms with van der Waals surface area (Å²) in [6.07, 6.45) is -4.12. The average molecular weight is 356 g/mol. The lowest BCUT2D eigenvalue weighted by Crippen LogP contribution is -2.46. The Morgan fingerprint density at radius 3 is 2.56 bits per heavy atom. The van der Waals surface area contributed by atoms with E-state index in [-0.39, 0.29) is 35.9 Å². The maximum absolute atomic E-state index is 12.4. The molecule has 0 radical (unpaired) electrons. The van der Waals surface area contributed by atoms with Crippen LogP contribution in [0.4, 0.5) is 24.5 Å². The summed E-state index contributed by atoms with van der Waals surface area (Å²) < 4.78 is 37.2. The molecule has 0 atom stereocenters. The Hall–Kier alpha value is -2.83. The van der Waals surface area contributed by atoms with Gasteiger partial charge in [0, 0.05) is 25.7 Å². The average Bonchev–Trinajstić information content (AvgIpc) is 2.58. The second-order valence-electron chi connectivity index (χ2n) is 5.72. The molecule has 1 saturated heterocycles. The molecular formula is C15H15F3N4O3. The molecule has 0 spiro atoms. The Balaban J connectivity index is 1.93. The van der Waals surface area contributed by atoms with Gasteiger partial charge in [-0.3, -0.25) is 14.9 Å². The summed E-state index contributed by atoms with van der Waals surface area (Å²) in [5, 5.41) is 22.8. The van der Waals surface area contributed by atoms with Gasteiger partial charge in [-0.05, 0) is 30.9 Å². The van der Waals surface area contributed by atoms with Crippen LogP contribution in [0.3, 0.4) is 0 Å². The number of rotatable bonds is 4. The first-order valence-corrected chi connectivity index (χ1v) is 7.51. The lowest BCUT2D eigenvalue weighted by molar-refractivity contribution is -0.384. The van der Waals surface area contributed by atoms with E-state index in [0.717, 1.165) is 11.0 Å². The Kier molecular flexibility index (Phi) is 5.46. The van der Waals surface area contributed by atoms with E-state index in [1.165, 1.54) is 12.1 Å². The second kappa shape index (κ2) is 7.38. The van der Waals surface area contributed by atoms with E-state index in [0.29, 0.717) is 19.4 Å². The largest absolute Gasteiger partial charge is 0.471 e. The number of halogens is 3. The van der Waals surface area contributed by atoms with E-state index in [4.69, 9.17) is 5.26 Å². The van der Waals surface area contributed by atoms with Gasteiger partial charge in [0.05, 0.1) is 16.6 Å². The summed E-state index contributed by atoms with van der Waals surface area (Å²) in [7, 11) is 0. The van der Waals surface area contributed by atoms with Crippen LogP contribution < -0.4 is 5.32 Å². The summed E-state index contributed by atoms with van der Waals surface area (Å²) in [6, 6.07) is 5.85. The van der Waals surface area contributed by atoms with Crippen molar-refractivity contribution in [3.8, 4) is 6.07 Å². The third-order valence-corrected chi connectivity index (χ3v) is 4.05. The highest BCUT2D eigenvalue weighted by Crippen LogP contribution is 2.28. The Morgan fingerprint density at radius 2 is 2.04 bits per heavy atom. The van der Waals surface area contributed by atoms with Gasteiger partial charge in [0.25, 0.3) is 5.69 Å². The van der Waals surface area contributed by atoms with Crippen molar-refractivity contribution in [1.82, 2.24) is 4.90 Å². The summed E-state index contributed by atoms with van der Waals surface area (Å²) in [5.41, 5.74) is 0.178. The number of nitrogens with zero attached hydrogens (tertiary/aromatic N) is 3. The smallest absolute Gasteiger partial charge is 0.379 e. The first-order valence-electron chi connectivity index (χ1n) is 7.51. The quantitative estimate of drug-likeness (QED) is 0.660. The molecule has 0 bridgehead atoms. The molecule has 0 aromatic heterocycles. The fourth-order valence-electron chi connectivity index (χ4n) is 2.68. The number of benzene rings is 1. The summed E-state index contributed by atoms with van der Waals surface area (Å²) in [6.45, 7) is 0.334. The van der Waals surface area contributed by atoms with Gasteiger partial charge in [-0.15, -0.1) is 0 Å². The third-order valence-electron chi connectivity index (χ3n) is 4.05. The number of carbonyl (C=O) groups is 1. The van der Waals surface area contributed by atoms with Gasteiger partial charge in [0.2, 0.25) is 0 Å². The summed E-state index contributed by atoms with van der Waals surface area (Å²) in [5.74, 6) is -1.84. The molecule has 7 nitrogen and oxygen atoms in total. The molecule has 1 amide bonds. The molecule has 0 aliphatic carbocycles. The van der Waals surface area contributed by atoms with E-state index in [2.05, 4.69) is 5.32 Å². The first kappa shape index (κ1) is 18.5. The predicted molar refractivity (Wildman–Crippen MR) is 81.7 cm³/mol. The number of hydrogen-bond donors (Lipinski definition) is 1. The molecule has 1 aliphatic heterocycles. The van der Waals surface area contributed by atoms with E-state index in [9.17, 15) is 28.1 Å².